The van der Waals surface area contributed by atoms with Gasteiger partial charge in [-0.2, -0.15) is 0 Å². The maximum Gasteiger partial charge on any atom is 0.315 e. The molecule has 146 valence electrons. The topological polar surface area (TPSA) is 144 Å². The third-order valence-corrected chi connectivity index (χ3v) is 4.77. The van der Waals surface area contributed by atoms with Gasteiger partial charge in [0.05, 0.1) is 11.6 Å². The molecule has 0 unspecified atom stereocenters. The number of carbonyl (C=O) groups is 3. The molecule has 3 heterocycles. The predicted molar refractivity (Wildman–Crippen MR) is 103 cm³/mol. The summed E-state index contributed by atoms with van der Waals surface area (Å²) in [5, 5.41) is 2.41. The second kappa shape index (κ2) is 8.03. The van der Waals surface area contributed by atoms with E-state index in [1.807, 2.05) is 13.0 Å². The van der Waals surface area contributed by atoms with Crippen molar-refractivity contribution in [3.63, 3.8) is 0 Å². The highest BCUT2D eigenvalue weighted by Gasteiger charge is 2.34. The Labute approximate surface area is 162 Å². The average Bonchev–Trinajstić information content (AvgIpc) is 2.68. The Bertz CT molecular complexity index is 899. The van der Waals surface area contributed by atoms with Crippen LogP contribution in [0.1, 0.15) is 41.7 Å². The third-order valence-electron chi connectivity index (χ3n) is 4.77. The molecule has 2 aromatic rings. The van der Waals surface area contributed by atoms with Gasteiger partial charge in [-0.1, -0.05) is 13.0 Å². The summed E-state index contributed by atoms with van der Waals surface area (Å²) in [5.74, 6) is -1.71. The maximum atomic E-state index is 12.9. The monoisotopic (exact) mass is 382 g/mol. The number of aromatic nitrogens is 2. The normalized spacial score (nSPS) is 19.1. The van der Waals surface area contributed by atoms with Crippen LogP contribution in [0.3, 0.4) is 0 Å². The van der Waals surface area contributed by atoms with Gasteiger partial charge in [0.15, 0.2) is 0 Å². The van der Waals surface area contributed by atoms with E-state index in [-0.39, 0.29) is 23.3 Å². The van der Waals surface area contributed by atoms with Crippen LogP contribution in [0, 0.1) is 5.92 Å². The number of rotatable bonds is 3. The first kappa shape index (κ1) is 19.3. The van der Waals surface area contributed by atoms with Gasteiger partial charge in [0.1, 0.15) is 11.6 Å². The molecular weight excluding hydrogens is 360 g/mol. The van der Waals surface area contributed by atoms with Gasteiger partial charge in [-0.15, -0.1) is 0 Å². The summed E-state index contributed by atoms with van der Waals surface area (Å²) in [5.41, 5.74) is 11.8. The quantitative estimate of drug-likeness (QED) is 0.678. The molecule has 1 saturated heterocycles. The van der Waals surface area contributed by atoms with Gasteiger partial charge in [-0.25, -0.2) is 9.97 Å². The summed E-state index contributed by atoms with van der Waals surface area (Å²) < 4.78 is 0. The Morgan fingerprint density at radius 1 is 1.18 bits per heavy atom. The van der Waals surface area contributed by atoms with Crippen molar-refractivity contribution in [2.75, 3.05) is 17.6 Å². The van der Waals surface area contributed by atoms with Crippen LogP contribution >= 0.6 is 0 Å². The van der Waals surface area contributed by atoms with Crippen LogP contribution < -0.4 is 16.8 Å². The number of nitrogen functional groups attached to an aromatic ring is 1. The first-order valence-corrected chi connectivity index (χ1v) is 8.95. The van der Waals surface area contributed by atoms with Crippen LogP contribution in [0.4, 0.5) is 11.6 Å². The van der Waals surface area contributed by atoms with Gasteiger partial charge in [0, 0.05) is 18.9 Å². The number of nitrogens with two attached hydrogens (primary N) is 2. The number of likely N-dealkylation sites (tertiary alicyclic amines) is 1. The number of piperidine rings is 1. The highest BCUT2D eigenvalue weighted by Crippen LogP contribution is 2.33. The lowest BCUT2D eigenvalue weighted by atomic mass is 9.90. The number of nitrogens with one attached hydrogen (secondary N) is 1. The van der Waals surface area contributed by atoms with E-state index in [4.69, 9.17) is 11.5 Å². The summed E-state index contributed by atoms with van der Waals surface area (Å²) in [4.78, 5) is 46.6. The van der Waals surface area contributed by atoms with Gasteiger partial charge in [0.2, 0.25) is 0 Å². The van der Waals surface area contributed by atoms with Gasteiger partial charge in [-0.3, -0.25) is 14.4 Å². The Morgan fingerprint density at radius 3 is 2.64 bits per heavy atom. The minimum atomic E-state index is -0.872. The third kappa shape index (κ3) is 4.08. The van der Waals surface area contributed by atoms with Crippen LogP contribution in [-0.4, -0.2) is 39.1 Å². The van der Waals surface area contributed by atoms with Crippen molar-refractivity contribution in [2.45, 2.75) is 25.8 Å². The summed E-state index contributed by atoms with van der Waals surface area (Å²) >= 11 is 0. The summed E-state index contributed by atoms with van der Waals surface area (Å²) in [6.45, 7) is 2.46. The Balaban J connectivity index is 1.82. The molecule has 3 rings (SSSR count). The molecule has 0 aliphatic carbocycles. The highest BCUT2D eigenvalue weighted by atomic mass is 16.2. The van der Waals surface area contributed by atoms with Gasteiger partial charge in [-0.05, 0) is 42.5 Å². The molecule has 0 bridgehead atoms. The largest absolute Gasteiger partial charge is 0.384 e. The Morgan fingerprint density at radius 2 is 1.96 bits per heavy atom. The van der Waals surface area contributed by atoms with Crippen molar-refractivity contribution in [2.24, 2.45) is 11.7 Å². The van der Waals surface area contributed by atoms with E-state index < -0.39 is 17.7 Å². The predicted octanol–water partition coefficient (Wildman–Crippen LogP) is 1.10. The molecule has 9 nitrogen and oxygen atoms in total. The average molecular weight is 382 g/mol. The van der Waals surface area contributed by atoms with E-state index in [9.17, 15) is 14.4 Å². The zero-order valence-corrected chi connectivity index (χ0v) is 15.5. The van der Waals surface area contributed by atoms with Crippen molar-refractivity contribution < 1.29 is 14.4 Å². The lowest BCUT2D eigenvalue weighted by molar-refractivity contribution is -0.146. The van der Waals surface area contributed by atoms with E-state index in [0.717, 1.165) is 12.0 Å². The molecule has 1 fully saturated rings. The Kier molecular flexibility index (Phi) is 5.53. The maximum absolute atomic E-state index is 12.9. The fourth-order valence-corrected chi connectivity index (χ4v) is 3.33. The lowest BCUT2D eigenvalue weighted by Gasteiger charge is -2.38. The van der Waals surface area contributed by atoms with Crippen LogP contribution in [0.15, 0.2) is 36.7 Å². The number of nitrogens with zero attached hydrogens (tertiary/aromatic N) is 3. The number of hydrogen-bond acceptors (Lipinski definition) is 6. The van der Waals surface area contributed by atoms with Crippen molar-refractivity contribution >= 4 is 29.4 Å². The van der Waals surface area contributed by atoms with Gasteiger partial charge in [0.25, 0.3) is 5.91 Å². The highest BCUT2D eigenvalue weighted by molar-refractivity contribution is 6.39. The van der Waals surface area contributed by atoms with Crippen molar-refractivity contribution in [3.8, 4) is 0 Å². The standard InChI is InChI=1S/C19H22N6O3/c1-11-4-6-14(12-5-7-15(20)23-9-12)25(10-11)19(28)18(27)24-17-13(16(21)26)3-2-8-22-17/h2-3,5,7-9,11,14H,4,6,10H2,1H3,(H2,20,23)(H2,21,26)(H,22,24,27)/t11-,14+/m0/s1. The molecule has 1 aliphatic heterocycles. The van der Waals surface area contributed by atoms with Crippen LogP contribution in [0.25, 0.3) is 0 Å². The smallest absolute Gasteiger partial charge is 0.315 e. The first-order valence-electron chi connectivity index (χ1n) is 8.95. The molecule has 3 amide bonds. The minimum absolute atomic E-state index is 0.0370. The van der Waals surface area contributed by atoms with E-state index >= 15 is 0 Å². The van der Waals surface area contributed by atoms with Crippen molar-refractivity contribution in [3.05, 3.63) is 47.8 Å². The molecule has 28 heavy (non-hydrogen) atoms. The van der Waals surface area contributed by atoms with Crippen LogP contribution in [0.5, 0.6) is 0 Å². The van der Waals surface area contributed by atoms with Crippen LogP contribution in [-0.2, 0) is 9.59 Å². The summed E-state index contributed by atoms with van der Waals surface area (Å²) in [6.07, 6.45) is 4.66. The number of anilines is 2. The molecule has 0 aromatic carbocycles. The second-order valence-electron chi connectivity index (χ2n) is 6.89. The van der Waals surface area contributed by atoms with E-state index in [2.05, 4.69) is 15.3 Å². The van der Waals surface area contributed by atoms with E-state index in [0.29, 0.717) is 18.8 Å². The molecule has 9 heteroatoms. The SMILES string of the molecule is C[C@H]1CC[C@H](c2ccc(N)nc2)N(C(=O)C(=O)Nc2ncccc2C(N)=O)C1. The zero-order valence-electron chi connectivity index (χ0n) is 15.5. The molecule has 0 saturated carbocycles. The van der Waals surface area contributed by atoms with Crippen molar-refractivity contribution in [1.29, 1.82) is 0 Å². The second-order valence-corrected chi connectivity index (χ2v) is 6.89. The first-order chi connectivity index (χ1) is 13.4. The molecule has 5 N–H and O–H groups in total. The van der Waals surface area contributed by atoms with Gasteiger partial charge < -0.3 is 21.7 Å². The number of primary amides is 1. The molecule has 0 spiro atoms. The summed E-state index contributed by atoms with van der Waals surface area (Å²) in [7, 11) is 0. The van der Waals surface area contributed by atoms with E-state index in [1.54, 1.807) is 12.3 Å². The fourth-order valence-electron chi connectivity index (χ4n) is 3.33. The fraction of sp³-hybridized carbons (Fsp3) is 0.316. The van der Waals surface area contributed by atoms with Crippen molar-refractivity contribution in [1.82, 2.24) is 14.9 Å². The molecular formula is C19H22N6O3. The van der Waals surface area contributed by atoms with Gasteiger partial charge >= 0.3 is 11.8 Å². The number of amides is 3. The molecule has 0 radical (unpaired) electrons. The minimum Gasteiger partial charge on any atom is -0.384 e. The Hall–Kier alpha value is -3.49. The molecule has 2 atom stereocenters. The number of pyridine rings is 2. The number of hydrogen-bond donors (Lipinski definition) is 3. The number of carbonyl (C=O) groups excluding carboxylic acids is 3. The molecule has 2 aromatic heterocycles. The lowest BCUT2D eigenvalue weighted by Crippen LogP contribution is -2.46. The zero-order chi connectivity index (χ0) is 20.3. The van der Waals surface area contributed by atoms with E-state index in [1.165, 1.54) is 23.2 Å². The summed E-state index contributed by atoms with van der Waals surface area (Å²) in [6, 6.07) is 6.16. The van der Waals surface area contributed by atoms with Crippen LogP contribution in [0.2, 0.25) is 0 Å². The molecule has 1 aliphatic rings.